The number of nitrogens with zero attached hydrogens (tertiary/aromatic N) is 4. The molecule has 0 fully saturated rings. The number of halogens is 1. The van der Waals surface area contributed by atoms with Crippen LogP contribution in [0.5, 0.6) is 11.5 Å². The fourth-order valence-electron chi connectivity index (χ4n) is 2.71. The molecule has 0 N–H and O–H groups in total. The first-order chi connectivity index (χ1) is 12.5. The van der Waals surface area contributed by atoms with Crippen LogP contribution in [0, 0.1) is 13.8 Å². The molecule has 0 unspecified atom stereocenters. The number of aryl methyl sites for hydroxylation is 2. The maximum absolute atomic E-state index is 12.3. The fourth-order valence-corrected chi connectivity index (χ4v) is 3.00. The zero-order valence-electron chi connectivity index (χ0n) is 14.2. The molecule has 2 aromatic heterocycles. The number of carbonyl (C=O) groups is 1. The Labute approximate surface area is 153 Å². The standard InChI is InChI=1S/C17H15ClN4O4/c1-9-5-10(2)22-17(19-9)20-15(21-22)16(23)26-8-11-6-12(18)14-13(7-11)24-3-4-25-14/h5-7H,3-4,8H2,1-2H3. The molecular weight excluding hydrogens is 360 g/mol. The van der Waals surface area contributed by atoms with Crippen molar-refractivity contribution in [3.63, 3.8) is 0 Å². The Morgan fingerprint density at radius 1 is 1.23 bits per heavy atom. The highest BCUT2D eigenvalue weighted by Gasteiger charge is 2.19. The molecule has 9 heteroatoms. The highest BCUT2D eigenvalue weighted by molar-refractivity contribution is 6.32. The van der Waals surface area contributed by atoms with Gasteiger partial charge in [0.25, 0.3) is 11.6 Å². The molecule has 134 valence electrons. The van der Waals surface area contributed by atoms with E-state index < -0.39 is 5.97 Å². The summed E-state index contributed by atoms with van der Waals surface area (Å²) >= 11 is 6.18. The first-order valence-corrected chi connectivity index (χ1v) is 8.35. The zero-order chi connectivity index (χ0) is 18.3. The Balaban J connectivity index is 1.52. The number of hydrogen-bond donors (Lipinski definition) is 0. The van der Waals surface area contributed by atoms with Crippen molar-refractivity contribution in [1.29, 1.82) is 0 Å². The average Bonchev–Trinajstić information content (AvgIpc) is 3.04. The van der Waals surface area contributed by atoms with Crippen LogP contribution in [0.2, 0.25) is 5.02 Å². The van der Waals surface area contributed by atoms with Gasteiger partial charge in [-0.3, -0.25) is 0 Å². The summed E-state index contributed by atoms with van der Waals surface area (Å²) in [6, 6.07) is 5.27. The van der Waals surface area contributed by atoms with E-state index in [9.17, 15) is 4.79 Å². The van der Waals surface area contributed by atoms with E-state index in [1.165, 1.54) is 4.52 Å². The van der Waals surface area contributed by atoms with Gasteiger partial charge in [0.15, 0.2) is 11.5 Å². The van der Waals surface area contributed by atoms with Gasteiger partial charge in [-0.25, -0.2) is 14.3 Å². The van der Waals surface area contributed by atoms with E-state index >= 15 is 0 Å². The quantitative estimate of drug-likeness (QED) is 0.651. The second kappa shape index (κ2) is 6.45. The molecule has 4 rings (SSSR count). The third-order valence-electron chi connectivity index (χ3n) is 3.83. The van der Waals surface area contributed by atoms with Crippen LogP contribution in [-0.2, 0) is 11.3 Å². The second-order valence-electron chi connectivity index (χ2n) is 5.86. The SMILES string of the molecule is Cc1cc(C)n2nc(C(=O)OCc3cc(Cl)c4c(c3)OCCO4)nc2n1. The molecule has 3 heterocycles. The summed E-state index contributed by atoms with van der Waals surface area (Å²) in [5.41, 5.74) is 2.31. The van der Waals surface area contributed by atoms with Crippen LogP contribution in [0.15, 0.2) is 18.2 Å². The van der Waals surface area contributed by atoms with Crippen molar-refractivity contribution in [2.24, 2.45) is 0 Å². The lowest BCUT2D eigenvalue weighted by Crippen LogP contribution is -2.16. The maximum atomic E-state index is 12.3. The largest absolute Gasteiger partial charge is 0.486 e. The summed E-state index contributed by atoms with van der Waals surface area (Å²) in [6.45, 7) is 4.63. The lowest BCUT2D eigenvalue weighted by Gasteiger charge is -2.20. The lowest BCUT2D eigenvalue weighted by molar-refractivity contribution is 0.0458. The summed E-state index contributed by atoms with van der Waals surface area (Å²) < 4.78 is 17.8. The van der Waals surface area contributed by atoms with Gasteiger partial charge in [-0.15, -0.1) is 5.10 Å². The molecule has 1 aromatic carbocycles. The number of esters is 1. The first-order valence-electron chi connectivity index (χ1n) is 7.97. The molecule has 0 amide bonds. The van der Waals surface area contributed by atoms with Crippen molar-refractivity contribution in [1.82, 2.24) is 19.6 Å². The second-order valence-corrected chi connectivity index (χ2v) is 6.27. The summed E-state index contributed by atoms with van der Waals surface area (Å²) in [5.74, 6) is 0.716. The molecule has 0 aliphatic carbocycles. The molecule has 1 aliphatic rings. The van der Waals surface area contributed by atoms with Crippen molar-refractivity contribution in [3.05, 3.63) is 46.0 Å². The fraction of sp³-hybridized carbons (Fsp3) is 0.294. The number of benzene rings is 1. The number of hydrogen-bond acceptors (Lipinski definition) is 7. The van der Waals surface area contributed by atoms with E-state index in [0.29, 0.717) is 41.1 Å². The molecule has 0 atom stereocenters. The minimum atomic E-state index is -0.640. The highest BCUT2D eigenvalue weighted by atomic mass is 35.5. The summed E-state index contributed by atoms with van der Waals surface area (Å²) in [7, 11) is 0. The number of carbonyl (C=O) groups excluding carboxylic acids is 1. The van der Waals surface area contributed by atoms with Crippen molar-refractivity contribution in [2.45, 2.75) is 20.5 Å². The summed E-state index contributed by atoms with van der Waals surface area (Å²) in [5, 5.41) is 4.56. The van der Waals surface area contributed by atoms with Crippen molar-refractivity contribution < 1.29 is 19.0 Å². The highest BCUT2D eigenvalue weighted by Crippen LogP contribution is 2.38. The van der Waals surface area contributed by atoms with E-state index in [1.54, 1.807) is 12.1 Å². The number of fused-ring (bicyclic) bond motifs is 2. The molecule has 0 radical (unpaired) electrons. The lowest BCUT2D eigenvalue weighted by atomic mass is 10.2. The Bertz CT molecular complexity index is 1020. The van der Waals surface area contributed by atoms with Gasteiger partial charge >= 0.3 is 5.97 Å². The number of aromatic nitrogens is 4. The third kappa shape index (κ3) is 3.03. The average molecular weight is 375 g/mol. The Kier molecular flexibility index (Phi) is 4.12. The summed E-state index contributed by atoms with van der Waals surface area (Å²) in [6.07, 6.45) is 0. The molecule has 0 saturated heterocycles. The summed E-state index contributed by atoms with van der Waals surface area (Å²) in [4.78, 5) is 20.7. The van der Waals surface area contributed by atoms with Crippen molar-refractivity contribution in [2.75, 3.05) is 13.2 Å². The third-order valence-corrected chi connectivity index (χ3v) is 4.11. The molecule has 0 bridgehead atoms. The zero-order valence-corrected chi connectivity index (χ0v) is 14.9. The normalized spacial score (nSPS) is 13.0. The van der Waals surface area contributed by atoms with E-state index in [-0.39, 0.29) is 12.4 Å². The van der Waals surface area contributed by atoms with E-state index in [4.69, 9.17) is 25.8 Å². The van der Waals surface area contributed by atoms with Crippen LogP contribution >= 0.6 is 11.6 Å². The van der Waals surface area contributed by atoms with E-state index in [1.807, 2.05) is 19.9 Å². The van der Waals surface area contributed by atoms with Crippen LogP contribution in [0.1, 0.15) is 27.6 Å². The van der Waals surface area contributed by atoms with E-state index in [2.05, 4.69) is 15.1 Å². The van der Waals surface area contributed by atoms with Crippen molar-refractivity contribution >= 4 is 23.3 Å². The van der Waals surface area contributed by atoms with Gasteiger partial charge < -0.3 is 14.2 Å². The van der Waals surface area contributed by atoms with Gasteiger partial charge in [0.1, 0.15) is 19.8 Å². The minimum Gasteiger partial charge on any atom is -0.486 e. The van der Waals surface area contributed by atoms with Gasteiger partial charge in [-0.1, -0.05) is 11.6 Å². The van der Waals surface area contributed by atoms with Crippen molar-refractivity contribution in [3.8, 4) is 11.5 Å². The monoisotopic (exact) mass is 374 g/mol. The van der Waals surface area contributed by atoms with Gasteiger partial charge in [0.05, 0.1) is 5.02 Å². The Hall–Kier alpha value is -2.87. The van der Waals surface area contributed by atoms with Crippen LogP contribution in [0.4, 0.5) is 0 Å². The molecule has 0 saturated carbocycles. The van der Waals surface area contributed by atoms with Crippen LogP contribution in [0.25, 0.3) is 5.78 Å². The van der Waals surface area contributed by atoms with Crippen LogP contribution in [0.3, 0.4) is 0 Å². The maximum Gasteiger partial charge on any atom is 0.378 e. The predicted octanol–water partition coefficient (Wildman–Crippen LogP) is 2.52. The topological polar surface area (TPSA) is 87.8 Å². The van der Waals surface area contributed by atoms with Crippen LogP contribution < -0.4 is 9.47 Å². The van der Waals surface area contributed by atoms with Gasteiger partial charge in [0, 0.05) is 11.4 Å². The Morgan fingerprint density at radius 3 is 2.88 bits per heavy atom. The molecule has 1 aliphatic heterocycles. The molecule has 26 heavy (non-hydrogen) atoms. The molecule has 3 aromatic rings. The predicted molar refractivity (Wildman–Crippen MR) is 91.8 cm³/mol. The first kappa shape index (κ1) is 16.6. The smallest absolute Gasteiger partial charge is 0.378 e. The van der Waals surface area contributed by atoms with Crippen LogP contribution in [-0.4, -0.2) is 38.8 Å². The number of ether oxygens (including phenoxy) is 3. The van der Waals surface area contributed by atoms with Gasteiger partial charge in [0.2, 0.25) is 0 Å². The van der Waals surface area contributed by atoms with E-state index in [0.717, 1.165) is 11.4 Å². The molecule has 0 spiro atoms. The number of rotatable bonds is 3. The van der Waals surface area contributed by atoms with Gasteiger partial charge in [-0.2, -0.15) is 4.98 Å². The minimum absolute atomic E-state index is 0.0101. The molecular formula is C17H15ClN4O4. The van der Waals surface area contributed by atoms with Gasteiger partial charge in [-0.05, 0) is 37.6 Å². The molecule has 8 nitrogen and oxygen atoms in total. The Morgan fingerprint density at radius 2 is 2.04 bits per heavy atom.